The van der Waals surface area contributed by atoms with E-state index < -0.39 is 0 Å². The Morgan fingerprint density at radius 2 is 2.42 bits per heavy atom. The smallest absolute Gasteiger partial charge is 0.321 e. The third-order valence-electron chi connectivity index (χ3n) is 1.77. The van der Waals surface area contributed by atoms with Crippen molar-refractivity contribution >= 4 is 6.01 Å². The first-order valence-corrected chi connectivity index (χ1v) is 4.08. The molecule has 0 aliphatic heterocycles. The van der Waals surface area contributed by atoms with E-state index in [-0.39, 0.29) is 6.61 Å². The molecule has 0 aromatic carbocycles. The first-order chi connectivity index (χ1) is 5.90. The summed E-state index contributed by atoms with van der Waals surface area (Å²) in [6.45, 7) is 0.521. The SMILES string of the molecule is OCCNc1nc(C2CC2)no1. The van der Waals surface area contributed by atoms with Crippen LogP contribution in [0.15, 0.2) is 4.52 Å². The van der Waals surface area contributed by atoms with Crippen LogP contribution in [-0.4, -0.2) is 28.4 Å². The van der Waals surface area contributed by atoms with Gasteiger partial charge in [0.05, 0.1) is 6.61 Å². The molecule has 1 aliphatic rings. The fourth-order valence-electron chi connectivity index (χ4n) is 0.977. The van der Waals surface area contributed by atoms with E-state index in [1.54, 1.807) is 0 Å². The van der Waals surface area contributed by atoms with Gasteiger partial charge in [0.1, 0.15) is 0 Å². The number of hydrogen-bond acceptors (Lipinski definition) is 5. The molecule has 0 unspecified atom stereocenters. The molecule has 0 bridgehead atoms. The minimum atomic E-state index is 0.0706. The molecule has 1 aliphatic carbocycles. The quantitative estimate of drug-likeness (QED) is 0.680. The molecule has 0 spiro atoms. The number of anilines is 1. The molecule has 66 valence electrons. The van der Waals surface area contributed by atoms with Crippen LogP contribution in [0, 0.1) is 0 Å². The van der Waals surface area contributed by atoms with Crippen molar-refractivity contribution in [1.29, 1.82) is 0 Å². The minimum absolute atomic E-state index is 0.0706. The molecule has 0 atom stereocenters. The summed E-state index contributed by atoms with van der Waals surface area (Å²) in [7, 11) is 0. The zero-order valence-electron chi connectivity index (χ0n) is 6.66. The van der Waals surface area contributed by atoms with Gasteiger partial charge in [-0.25, -0.2) is 0 Å². The van der Waals surface area contributed by atoms with Crippen LogP contribution in [0.5, 0.6) is 0 Å². The molecule has 0 radical (unpaired) electrons. The van der Waals surface area contributed by atoms with Crippen molar-refractivity contribution in [2.24, 2.45) is 0 Å². The second kappa shape index (κ2) is 3.10. The fraction of sp³-hybridized carbons (Fsp3) is 0.714. The largest absolute Gasteiger partial charge is 0.395 e. The Kier molecular flexibility index (Phi) is 1.95. The Balaban J connectivity index is 1.93. The van der Waals surface area contributed by atoms with Crippen LogP contribution in [0.2, 0.25) is 0 Å². The summed E-state index contributed by atoms with van der Waals surface area (Å²) in [5.74, 6) is 1.30. The van der Waals surface area contributed by atoms with E-state index in [1.807, 2.05) is 0 Å². The third-order valence-corrected chi connectivity index (χ3v) is 1.77. The predicted octanol–water partition coefficient (Wildman–Crippen LogP) is 0.351. The van der Waals surface area contributed by atoms with E-state index in [1.165, 1.54) is 12.8 Å². The maximum absolute atomic E-state index is 8.50. The Morgan fingerprint density at radius 3 is 3.08 bits per heavy atom. The highest BCUT2D eigenvalue weighted by Crippen LogP contribution is 2.38. The van der Waals surface area contributed by atoms with Crippen molar-refractivity contribution in [3.63, 3.8) is 0 Å². The molecule has 5 nitrogen and oxygen atoms in total. The molecular formula is C7H11N3O2. The lowest BCUT2D eigenvalue weighted by molar-refractivity contribution is 0.308. The standard InChI is InChI=1S/C7H11N3O2/c11-4-3-8-7-9-6(10-12-7)5-1-2-5/h5,11H,1-4H2,(H,8,9,10). The normalized spacial score (nSPS) is 16.4. The maximum atomic E-state index is 8.50. The average Bonchev–Trinajstić information content (AvgIpc) is 2.83. The molecule has 1 saturated carbocycles. The Bertz CT molecular complexity index is 257. The molecule has 5 heteroatoms. The second-order valence-electron chi connectivity index (χ2n) is 2.88. The lowest BCUT2D eigenvalue weighted by Gasteiger charge is -1.93. The molecule has 1 aromatic heterocycles. The van der Waals surface area contributed by atoms with E-state index in [0.717, 1.165) is 5.82 Å². The van der Waals surface area contributed by atoms with Gasteiger partial charge in [-0.15, -0.1) is 0 Å². The number of aliphatic hydroxyl groups is 1. The Labute approximate surface area is 69.8 Å². The minimum Gasteiger partial charge on any atom is -0.395 e. The van der Waals surface area contributed by atoms with Crippen LogP contribution in [0.25, 0.3) is 0 Å². The molecule has 1 heterocycles. The zero-order valence-corrected chi connectivity index (χ0v) is 6.66. The van der Waals surface area contributed by atoms with Gasteiger partial charge < -0.3 is 14.9 Å². The predicted molar refractivity (Wildman–Crippen MR) is 41.8 cm³/mol. The van der Waals surface area contributed by atoms with Gasteiger partial charge in [0.25, 0.3) is 0 Å². The summed E-state index contributed by atoms with van der Waals surface area (Å²) in [5.41, 5.74) is 0. The van der Waals surface area contributed by atoms with Crippen molar-refractivity contribution in [3.05, 3.63) is 5.82 Å². The van der Waals surface area contributed by atoms with Gasteiger partial charge in [0, 0.05) is 12.5 Å². The Morgan fingerprint density at radius 1 is 1.58 bits per heavy atom. The zero-order chi connectivity index (χ0) is 8.39. The van der Waals surface area contributed by atoms with Gasteiger partial charge in [-0.1, -0.05) is 5.16 Å². The van der Waals surface area contributed by atoms with Crippen molar-refractivity contribution in [2.45, 2.75) is 18.8 Å². The molecule has 2 rings (SSSR count). The molecule has 0 saturated heterocycles. The molecule has 1 fully saturated rings. The van der Waals surface area contributed by atoms with Gasteiger partial charge in [0.15, 0.2) is 5.82 Å². The monoisotopic (exact) mass is 169 g/mol. The first-order valence-electron chi connectivity index (χ1n) is 4.08. The second-order valence-corrected chi connectivity index (χ2v) is 2.88. The average molecular weight is 169 g/mol. The molecular weight excluding hydrogens is 158 g/mol. The highest BCUT2D eigenvalue weighted by atomic mass is 16.5. The summed E-state index contributed by atoms with van der Waals surface area (Å²) in [6.07, 6.45) is 2.33. The maximum Gasteiger partial charge on any atom is 0.321 e. The number of rotatable bonds is 4. The fourth-order valence-corrected chi connectivity index (χ4v) is 0.977. The van der Waals surface area contributed by atoms with Crippen LogP contribution in [0.1, 0.15) is 24.6 Å². The summed E-state index contributed by atoms with van der Waals surface area (Å²) in [5, 5.41) is 15.1. The third kappa shape index (κ3) is 1.55. The summed E-state index contributed by atoms with van der Waals surface area (Å²) < 4.78 is 4.88. The topological polar surface area (TPSA) is 71.2 Å². The summed E-state index contributed by atoms with van der Waals surface area (Å²) in [4.78, 5) is 4.11. The van der Waals surface area contributed by atoms with E-state index in [4.69, 9.17) is 9.63 Å². The number of nitrogens with zero attached hydrogens (tertiary/aromatic N) is 2. The molecule has 0 amide bonds. The van der Waals surface area contributed by atoms with Gasteiger partial charge >= 0.3 is 6.01 Å². The Hall–Kier alpha value is -1.10. The van der Waals surface area contributed by atoms with Crippen LogP contribution < -0.4 is 5.32 Å². The van der Waals surface area contributed by atoms with Gasteiger partial charge in [-0.05, 0) is 12.8 Å². The summed E-state index contributed by atoms with van der Waals surface area (Å²) >= 11 is 0. The highest BCUT2D eigenvalue weighted by molar-refractivity contribution is 5.20. The van der Waals surface area contributed by atoms with Crippen LogP contribution in [-0.2, 0) is 0 Å². The van der Waals surface area contributed by atoms with Crippen molar-refractivity contribution < 1.29 is 9.63 Å². The van der Waals surface area contributed by atoms with Crippen LogP contribution in [0.4, 0.5) is 6.01 Å². The van der Waals surface area contributed by atoms with E-state index in [9.17, 15) is 0 Å². The van der Waals surface area contributed by atoms with Crippen LogP contribution >= 0.6 is 0 Å². The molecule has 12 heavy (non-hydrogen) atoms. The first kappa shape index (κ1) is 7.54. The van der Waals surface area contributed by atoms with E-state index in [2.05, 4.69) is 15.5 Å². The molecule has 1 aromatic rings. The lowest BCUT2D eigenvalue weighted by atomic mass is 10.4. The van der Waals surface area contributed by atoms with Gasteiger partial charge in [-0.2, -0.15) is 4.98 Å². The highest BCUT2D eigenvalue weighted by Gasteiger charge is 2.28. The van der Waals surface area contributed by atoms with Gasteiger partial charge in [0.2, 0.25) is 0 Å². The number of nitrogens with one attached hydrogen (secondary N) is 1. The molecule has 2 N–H and O–H groups in total. The number of hydrogen-bond donors (Lipinski definition) is 2. The van der Waals surface area contributed by atoms with Crippen molar-refractivity contribution in [2.75, 3.05) is 18.5 Å². The summed E-state index contributed by atoms with van der Waals surface area (Å²) in [6, 6.07) is 0.408. The van der Waals surface area contributed by atoms with Gasteiger partial charge in [-0.3, -0.25) is 0 Å². The van der Waals surface area contributed by atoms with Crippen molar-refractivity contribution in [3.8, 4) is 0 Å². The van der Waals surface area contributed by atoms with E-state index >= 15 is 0 Å². The van der Waals surface area contributed by atoms with E-state index in [0.29, 0.717) is 18.5 Å². The lowest BCUT2D eigenvalue weighted by Crippen LogP contribution is -2.05. The number of aromatic nitrogens is 2. The van der Waals surface area contributed by atoms with Crippen molar-refractivity contribution in [1.82, 2.24) is 10.1 Å². The van der Waals surface area contributed by atoms with Crippen LogP contribution in [0.3, 0.4) is 0 Å². The number of aliphatic hydroxyl groups excluding tert-OH is 1.